The van der Waals surface area contributed by atoms with Crippen LogP contribution in [0.15, 0.2) is 60.7 Å². The molecule has 0 saturated carbocycles. The summed E-state index contributed by atoms with van der Waals surface area (Å²) in [4.78, 5) is 5.07. The van der Waals surface area contributed by atoms with Crippen molar-refractivity contribution in [1.82, 2.24) is 9.80 Å². The van der Waals surface area contributed by atoms with Gasteiger partial charge in [0.15, 0.2) is 0 Å². The van der Waals surface area contributed by atoms with E-state index < -0.39 is 0 Å². The molecule has 0 spiro atoms. The third-order valence-corrected chi connectivity index (χ3v) is 6.30. The molecule has 3 aromatic rings. The summed E-state index contributed by atoms with van der Waals surface area (Å²) in [5, 5.41) is 2.67. The SMILES string of the molecule is CN1Cc2cc(CN3CCCC3)ccc2C(c2ccc3ccccc3c2)C1. The van der Waals surface area contributed by atoms with Gasteiger partial charge in [-0.1, -0.05) is 60.7 Å². The molecule has 0 aliphatic carbocycles. The van der Waals surface area contributed by atoms with Gasteiger partial charge in [-0.2, -0.15) is 0 Å². The van der Waals surface area contributed by atoms with Crippen molar-refractivity contribution in [2.75, 3.05) is 26.7 Å². The molecule has 3 aromatic carbocycles. The highest BCUT2D eigenvalue weighted by atomic mass is 15.1. The smallest absolute Gasteiger partial charge is 0.0234 e. The minimum atomic E-state index is 0.462. The van der Waals surface area contributed by atoms with Gasteiger partial charge in [0.25, 0.3) is 0 Å². The Labute approximate surface area is 162 Å². The van der Waals surface area contributed by atoms with E-state index in [4.69, 9.17) is 0 Å². The third kappa shape index (κ3) is 3.40. The predicted octanol–water partition coefficient (Wildman–Crippen LogP) is 5.01. The molecule has 2 aliphatic heterocycles. The molecular weight excluding hydrogens is 328 g/mol. The zero-order valence-electron chi connectivity index (χ0n) is 16.2. The van der Waals surface area contributed by atoms with E-state index in [1.807, 2.05) is 0 Å². The van der Waals surface area contributed by atoms with Gasteiger partial charge < -0.3 is 4.90 Å². The number of likely N-dealkylation sites (tertiary alicyclic amines) is 1. The van der Waals surface area contributed by atoms with Crippen LogP contribution in [0, 0.1) is 0 Å². The Hall–Kier alpha value is -2.16. The highest BCUT2D eigenvalue weighted by Crippen LogP contribution is 2.35. The second-order valence-electron chi connectivity index (χ2n) is 8.37. The average Bonchev–Trinajstić information content (AvgIpc) is 3.19. The van der Waals surface area contributed by atoms with Crippen LogP contribution in [0.1, 0.15) is 41.0 Å². The Morgan fingerprint density at radius 3 is 2.56 bits per heavy atom. The van der Waals surface area contributed by atoms with Gasteiger partial charge in [0.05, 0.1) is 0 Å². The standard InChI is InChI=1S/C25H28N2/c1-26-17-23-14-19(16-27-12-4-5-13-27)8-11-24(23)25(18-26)22-10-9-20-6-2-3-7-21(20)15-22/h2-3,6-11,14-15,25H,4-5,12-13,16-18H2,1H3. The topological polar surface area (TPSA) is 6.48 Å². The van der Waals surface area contributed by atoms with Gasteiger partial charge in [-0.3, -0.25) is 4.90 Å². The molecule has 27 heavy (non-hydrogen) atoms. The number of hydrogen-bond acceptors (Lipinski definition) is 2. The number of likely N-dealkylation sites (N-methyl/N-ethyl adjacent to an activating group) is 1. The first-order valence-corrected chi connectivity index (χ1v) is 10.3. The van der Waals surface area contributed by atoms with Crippen LogP contribution < -0.4 is 0 Å². The van der Waals surface area contributed by atoms with Gasteiger partial charge in [-0.05, 0) is 66.0 Å². The quantitative estimate of drug-likeness (QED) is 0.651. The monoisotopic (exact) mass is 356 g/mol. The molecule has 2 aliphatic rings. The van der Waals surface area contributed by atoms with Gasteiger partial charge in [0.1, 0.15) is 0 Å². The van der Waals surface area contributed by atoms with Crippen molar-refractivity contribution in [2.24, 2.45) is 0 Å². The second kappa shape index (κ2) is 7.10. The van der Waals surface area contributed by atoms with E-state index in [0.717, 1.165) is 19.6 Å². The summed E-state index contributed by atoms with van der Waals surface area (Å²) in [6, 6.07) is 22.9. The molecule has 2 heterocycles. The molecular formula is C25H28N2. The van der Waals surface area contributed by atoms with Crippen LogP contribution >= 0.6 is 0 Å². The Bertz CT molecular complexity index is 955. The molecule has 1 unspecified atom stereocenters. The maximum Gasteiger partial charge on any atom is 0.0234 e. The maximum atomic E-state index is 2.59. The summed E-state index contributed by atoms with van der Waals surface area (Å²) in [7, 11) is 2.25. The first-order chi connectivity index (χ1) is 13.3. The predicted molar refractivity (Wildman–Crippen MR) is 113 cm³/mol. The van der Waals surface area contributed by atoms with Crippen LogP contribution in [0.4, 0.5) is 0 Å². The van der Waals surface area contributed by atoms with Gasteiger partial charge in [-0.25, -0.2) is 0 Å². The molecule has 2 heteroatoms. The van der Waals surface area contributed by atoms with E-state index in [2.05, 4.69) is 77.5 Å². The molecule has 0 amide bonds. The van der Waals surface area contributed by atoms with Crippen molar-refractivity contribution in [3.63, 3.8) is 0 Å². The summed E-state index contributed by atoms with van der Waals surface area (Å²) < 4.78 is 0. The average molecular weight is 357 g/mol. The number of nitrogens with zero attached hydrogens (tertiary/aromatic N) is 2. The summed E-state index contributed by atoms with van der Waals surface area (Å²) in [5.74, 6) is 0.462. The van der Waals surface area contributed by atoms with Crippen LogP contribution in [0.3, 0.4) is 0 Å². The van der Waals surface area contributed by atoms with Crippen molar-refractivity contribution in [3.8, 4) is 0 Å². The van der Waals surface area contributed by atoms with Crippen LogP contribution in [-0.2, 0) is 13.1 Å². The van der Waals surface area contributed by atoms with Crippen LogP contribution in [0.25, 0.3) is 10.8 Å². The molecule has 1 saturated heterocycles. The fourth-order valence-corrected chi connectivity index (χ4v) is 4.91. The number of fused-ring (bicyclic) bond motifs is 2. The Morgan fingerprint density at radius 2 is 1.70 bits per heavy atom. The van der Waals surface area contributed by atoms with Crippen molar-refractivity contribution >= 4 is 10.8 Å². The fraction of sp³-hybridized carbons (Fsp3) is 0.360. The van der Waals surface area contributed by atoms with Gasteiger partial charge in [-0.15, -0.1) is 0 Å². The zero-order valence-corrected chi connectivity index (χ0v) is 16.2. The first kappa shape index (κ1) is 17.0. The Morgan fingerprint density at radius 1 is 0.889 bits per heavy atom. The number of rotatable bonds is 3. The van der Waals surface area contributed by atoms with E-state index in [1.54, 1.807) is 0 Å². The highest BCUT2D eigenvalue weighted by Gasteiger charge is 2.25. The molecule has 5 rings (SSSR count). The van der Waals surface area contributed by atoms with Gasteiger partial charge in [0, 0.05) is 25.6 Å². The molecule has 1 fully saturated rings. The normalized spacial score (nSPS) is 20.9. The van der Waals surface area contributed by atoms with Gasteiger partial charge in [0.2, 0.25) is 0 Å². The van der Waals surface area contributed by atoms with Crippen molar-refractivity contribution in [1.29, 1.82) is 0 Å². The lowest BCUT2D eigenvalue weighted by molar-refractivity contribution is 0.294. The lowest BCUT2D eigenvalue weighted by atomic mass is 9.83. The lowest BCUT2D eigenvalue weighted by Gasteiger charge is -2.33. The number of hydrogen-bond donors (Lipinski definition) is 0. The molecule has 0 aromatic heterocycles. The minimum Gasteiger partial charge on any atom is -0.301 e. The molecule has 0 N–H and O–H groups in total. The molecule has 138 valence electrons. The van der Waals surface area contributed by atoms with Crippen molar-refractivity contribution in [2.45, 2.75) is 31.8 Å². The zero-order chi connectivity index (χ0) is 18.2. The van der Waals surface area contributed by atoms with E-state index in [-0.39, 0.29) is 0 Å². The van der Waals surface area contributed by atoms with E-state index in [0.29, 0.717) is 5.92 Å². The van der Waals surface area contributed by atoms with E-state index in [1.165, 1.54) is 59.0 Å². The van der Waals surface area contributed by atoms with E-state index in [9.17, 15) is 0 Å². The Balaban J connectivity index is 1.49. The van der Waals surface area contributed by atoms with E-state index >= 15 is 0 Å². The van der Waals surface area contributed by atoms with Crippen LogP contribution in [0.5, 0.6) is 0 Å². The molecule has 0 bridgehead atoms. The maximum absolute atomic E-state index is 2.59. The lowest BCUT2D eigenvalue weighted by Crippen LogP contribution is -2.31. The van der Waals surface area contributed by atoms with Gasteiger partial charge >= 0.3 is 0 Å². The molecule has 0 radical (unpaired) electrons. The summed E-state index contributed by atoms with van der Waals surface area (Å²) in [5.41, 5.74) is 5.95. The molecule has 2 nitrogen and oxygen atoms in total. The van der Waals surface area contributed by atoms with Crippen molar-refractivity contribution in [3.05, 3.63) is 82.9 Å². The van der Waals surface area contributed by atoms with Crippen molar-refractivity contribution < 1.29 is 0 Å². The summed E-state index contributed by atoms with van der Waals surface area (Å²) >= 11 is 0. The summed E-state index contributed by atoms with van der Waals surface area (Å²) in [6.07, 6.45) is 2.72. The first-order valence-electron chi connectivity index (χ1n) is 10.3. The molecule has 1 atom stereocenters. The largest absolute Gasteiger partial charge is 0.301 e. The summed E-state index contributed by atoms with van der Waals surface area (Å²) in [6.45, 7) is 5.79. The Kier molecular flexibility index (Phi) is 4.47. The highest BCUT2D eigenvalue weighted by molar-refractivity contribution is 5.83. The number of benzene rings is 3. The second-order valence-corrected chi connectivity index (χ2v) is 8.37. The fourth-order valence-electron chi connectivity index (χ4n) is 4.91. The third-order valence-electron chi connectivity index (χ3n) is 6.30. The minimum absolute atomic E-state index is 0.462. The van der Waals surface area contributed by atoms with Crippen LogP contribution in [-0.4, -0.2) is 36.5 Å². The van der Waals surface area contributed by atoms with Crippen LogP contribution in [0.2, 0.25) is 0 Å².